The summed E-state index contributed by atoms with van der Waals surface area (Å²) in [6.07, 6.45) is 2.50. The molecule has 6 heteroatoms. The molecule has 0 aliphatic rings. The Bertz CT molecular complexity index is 571. The van der Waals surface area contributed by atoms with Crippen LogP contribution in [0, 0.1) is 0 Å². The number of benzene rings is 1. The first-order valence-electron chi connectivity index (χ1n) is 6.06. The first-order valence-corrected chi connectivity index (χ1v) is 8.06. The molecule has 4 nitrogen and oxygen atoms in total. The number of rotatable bonds is 5. The van der Waals surface area contributed by atoms with Gasteiger partial charge in [-0.15, -0.1) is 10.2 Å². The first kappa shape index (κ1) is 14.2. The van der Waals surface area contributed by atoms with Gasteiger partial charge in [-0.3, -0.25) is 8.78 Å². The van der Waals surface area contributed by atoms with Gasteiger partial charge in [-0.05, 0) is 18.0 Å². The lowest BCUT2D eigenvalue weighted by molar-refractivity contribution is 0.622. The molecule has 0 spiro atoms. The fourth-order valence-electron chi connectivity index (χ4n) is 1.76. The lowest BCUT2D eigenvalue weighted by Crippen LogP contribution is -2.13. The summed E-state index contributed by atoms with van der Waals surface area (Å²) in [7, 11) is -0.827. The molecule has 19 heavy (non-hydrogen) atoms. The van der Waals surface area contributed by atoms with E-state index in [2.05, 4.69) is 10.2 Å². The second-order valence-corrected chi connectivity index (χ2v) is 6.55. The fraction of sp³-hybridized carbons (Fsp3) is 0.385. The van der Waals surface area contributed by atoms with Crippen LogP contribution in [0.5, 0.6) is 0 Å². The van der Waals surface area contributed by atoms with Crippen LogP contribution >= 0.6 is 11.6 Å². The van der Waals surface area contributed by atoms with Gasteiger partial charge >= 0.3 is 0 Å². The van der Waals surface area contributed by atoms with E-state index in [1.807, 2.05) is 41.8 Å². The Balaban J connectivity index is 2.21. The highest BCUT2D eigenvalue weighted by Crippen LogP contribution is 2.21. The van der Waals surface area contributed by atoms with Gasteiger partial charge in [0.05, 0.1) is 0 Å². The van der Waals surface area contributed by atoms with Gasteiger partial charge < -0.3 is 0 Å². The van der Waals surface area contributed by atoms with Crippen molar-refractivity contribution in [2.45, 2.75) is 25.1 Å². The molecule has 2 rings (SSSR count). The molecular formula is C13H16ClN3OS. The molecule has 0 saturated heterocycles. The molecule has 1 heterocycles. The van der Waals surface area contributed by atoms with Crippen LogP contribution < -0.4 is 0 Å². The zero-order valence-electron chi connectivity index (χ0n) is 10.9. The number of aromatic nitrogens is 3. The van der Waals surface area contributed by atoms with Gasteiger partial charge in [0, 0.05) is 34.4 Å². The molecule has 2 unspecified atom stereocenters. The van der Waals surface area contributed by atoms with E-state index in [0.717, 1.165) is 17.8 Å². The highest BCUT2D eigenvalue weighted by Gasteiger charge is 2.14. The molecule has 0 saturated carbocycles. The second kappa shape index (κ2) is 6.30. The minimum absolute atomic E-state index is 0.127. The average Bonchev–Trinajstić information content (AvgIpc) is 2.78. The van der Waals surface area contributed by atoms with Crippen LogP contribution in [0.1, 0.15) is 13.3 Å². The summed E-state index contributed by atoms with van der Waals surface area (Å²) in [5.74, 6) is 0.750. The highest BCUT2D eigenvalue weighted by molar-refractivity contribution is 7.84. The number of nitrogens with zero attached hydrogens (tertiary/aromatic N) is 3. The average molecular weight is 298 g/mol. The smallest absolute Gasteiger partial charge is 0.225 e. The van der Waals surface area contributed by atoms with Gasteiger partial charge in [-0.2, -0.15) is 0 Å². The van der Waals surface area contributed by atoms with Crippen molar-refractivity contribution in [3.63, 3.8) is 0 Å². The van der Waals surface area contributed by atoms with Gasteiger partial charge in [-0.1, -0.05) is 37.3 Å². The highest BCUT2D eigenvalue weighted by atomic mass is 35.5. The predicted octanol–water partition coefficient (Wildman–Crippen LogP) is 2.76. The van der Waals surface area contributed by atoms with Crippen molar-refractivity contribution in [3.8, 4) is 11.4 Å². The van der Waals surface area contributed by atoms with Gasteiger partial charge in [-0.25, -0.2) is 0 Å². The normalized spacial score (nSPS) is 14.3. The van der Waals surface area contributed by atoms with Crippen molar-refractivity contribution in [3.05, 3.63) is 35.6 Å². The minimum atomic E-state index is -0.827. The lowest BCUT2D eigenvalue weighted by Gasteiger charge is -2.11. The van der Waals surface area contributed by atoms with Crippen molar-refractivity contribution in [1.82, 2.24) is 14.8 Å². The molecule has 2 aromatic rings. The van der Waals surface area contributed by atoms with Crippen LogP contribution in [0.15, 0.2) is 30.3 Å². The molecule has 0 N–H and O–H groups in total. The maximum atomic E-state index is 11.4. The first-order chi connectivity index (χ1) is 9.09. The second-order valence-electron chi connectivity index (χ2n) is 4.41. The summed E-state index contributed by atoms with van der Waals surface area (Å²) < 4.78 is 13.2. The largest absolute Gasteiger partial charge is 0.298 e. The fourth-order valence-corrected chi connectivity index (χ4v) is 2.40. The quantitative estimate of drug-likeness (QED) is 0.852. The van der Waals surface area contributed by atoms with Crippen molar-refractivity contribution in [2.24, 2.45) is 0 Å². The van der Waals surface area contributed by atoms with E-state index in [0.29, 0.717) is 11.8 Å². The van der Waals surface area contributed by atoms with Crippen molar-refractivity contribution in [2.75, 3.05) is 6.26 Å². The maximum absolute atomic E-state index is 11.4. The van der Waals surface area contributed by atoms with E-state index in [4.69, 9.17) is 11.6 Å². The maximum Gasteiger partial charge on any atom is 0.225 e. The summed E-state index contributed by atoms with van der Waals surface area (Å²) >= 11 is 6.07. The third kappa shape index (κ3) is 3.42. The van der Waals surface area contributed by atoms with Gasteiger partial charge in [0.25, 0.3) is 0 Å². The molecule has 1 aromatic carbocycles. The molecular weight excluding hydrogens is 282 g/mol. The van der Waals surface area contributed by atoms with Crippen molar-refractivity contribution < 1.29 is 4.21 Å². The Morgan fingerprint density at radius 2 is 2.00 bits per heavy atom. The summed E-state index contributed by atoms with van der Waals surface area (Å²) in [5, 5.41) is 8.53. The van der Waals surface area contributed by atoms with Crippen molar-refractivity contribution >= 4 is 22.4 Å². The Morgan fingerprint density at radius 1 is 1.32 bits per heavy atom. The molecule has 1 aromatic heterocycles. The third-order valence-electron chi connectivity index (χ3n) is 3.06. The number of hydrogen-bond donors (Lipinski definition) is 0. The van der Waals surface area contributed by atoms with E-state index in [9.17, 15) is 4.21 Å². The molecule has 0 radical (unpaired) electrons. The monoisotopic (exact) mass is 297 g/mol. The third-order valence-corrected chi connectivity index (χ3v) is 4.71. The standard InChI is InChI=1S/C13H16ClN3OS/c1-10(19(2)18)8-9-17-12(15-16-13(17)14)11-6-4-3-5-7-11/h3-7,10H,8-9H2,1-2H3. The van der Waals surface area contributed by atoms with Crippen molar-refractivity contribution in [1.29, 1.82) is 0 Å². The SMILES string of the molecule is CC(CCn1c(Cl)nnc1-c1ccccc1)S(C)=O. The Kier molecular flexibility index (Phi) is 4.71. The van der Waals surface area contributed by atoms with Crippen LogP contribution in [0.2, 0.25) is 5.28 Å². The Morgan fingerprint density at radius 3 is 2.63 bits per heavy atom. The van der Waals surface area contributed by atoms with Crippen LogP contribution in [0.3, 0.4) is 0 Å². The van der Waals surface area contributed by atoms with Crippen LogP contribution in [-0.2, 0) is 17.3 Å². The molecule has 0 amide bonds. The zero-order valence-corrected chi connectivity index (χ0v) is 12.5. The van der Waals surface area contributed by atoms with E-state index in [1.165, 1.54) is 0 Å². The lowest BCUT2D eigenvalue weighted by atomic mass is 10.2. The summed E-state index contributed by atoms with van der Waals surface area (Å²) in [6, 6.07) is 9.79. The van der Waals surface area contributed by atoms with Crippen LogP contribution in [-0.4, -0.2) is 30.5 Å². The van der Waals surface area contributed by atoms with Crippen LogP contribution in [0.25, 0.3) is 11.4 Å². The summed E-state index contributed by atoms with van der Waals surface area (Å²) in [4.78, 5) is 0. The van der Waals surface area contributed by atoms with Gasteiger partial charge in [0.2, 0.25) is 5.28 Å². The molecule has 0 bridgehead atoms. The van der Waals surface area contributed by atoms with E-state index >= 15 is 0 Å². The summed E-state index contributed by atoms with van der Waals surface area (Å²) in [6.45, 7) is 2.63. The van der Waals surface area contributed by atoms with Gasteiger partial charge in [0.1, 0.15) is 0 Å². The van der Waals surface area contributed by atoms with E-state index in [-0.39, 0.29) is 5.25 Å². The van der Waals surface area contributed by atoms with Crippen LogP contribution in [0.4, 0.5) is 0 Å². The number of hydrogen-bond acceptors (Lipinski definition) is 3. The molecule has 0 fully saturated rings. The Hall–Kier alpha value is -1.20. The van der Waals surface area contributed by atoms with E-state index in [1.54, 1.807) is 6.26 Å². The Labute approximate surface area is 120 Å². The van der Waals surface area contributed by atoms with E-state index < -0.39 is 10.8 Å². The predicted molar refractivity (Wildman–Crippen MR) is 78.6 cm³/mol. The van der Waals surface area contributed by atoms with Gasteiger partial charge in [0.15, 0.2) is 5.82 Å². The number of halogens is 1. The molecule has 0 aliphatic heterocycles. The molecule has 0 aliphatic carbocycles. The topological polar surface area (TPSA) is 47.8 Å². The summed E-state index contributed by atoms with van der Waals surface area (Å²) in [5.41, 5.74) is 0.979. The molecule has 102 valence electrons. The minimum Gasteiger partial charge on any atom is -0.298 e. The molecule has 2 atom stereocenters. The zero-order chi connectivity index (χ0) is 13.8.